The fourth-order valence-corrected chi connectivity index (χ4v) is 2.54. The van der Waals surface area contributed by atoms with E-state index >= 15 is 0 Å². The van der Waals surface area contributed by atoms with Gasteiger partial charge in [-0.1, -0.05) is 24.3 Å². The van der Waals surface area contributed by atoms with E-state index in [1.165, 1.54) is 37.3 Å². The molecule has 0 aliphatic rings. The zero-order valence-corrected chi connectivity index (χ0v) is 14.1. The van der Waals surface area contributed by atoms with Gasteiger partial charge in [0.15, 0.2) is 6.10 Å². The van der Waals surface area contributed by atoms with Crippen LogP contribution in [0.5, 0.6) is 0 Å². The molecule has 0 radical (unpaired) electrons. The lowest BCUT2D eigenvalue weighted by Crippen LogP contribution is -2.23. The lowest BCUT2D eigenvalue weighted by molar-refractivity contribution is -0.140. The van der Waals surface area contributed by atoms with Crippen LogP contribution in [-0.4, -0.2) is 22.8 Å². The molecule has 1 aromatic heterocycles. The Bertz CT molecular complexity index is 975. The minimum absolute atomic E-state index is 0.286. The van der Waals surface area contributed by atoms with Gasteiger partial charge >= 0.3 is 5.97 Å². The molecule has 0 saturated carbocycles. The number of ketones is 1. The van der Waals surface area contributed by atoms with Crippen molar-refractivity contribution in [3.8, 4) is 0 Å². The molecule has 26 heavy (non-hydrogen) atoms. The number of halogens is 1. The number of hydrogen-bond acceptors (Lipinski definition) is 4. The van der Waals surface area contributed by atoms with E-state index in [0.29, 0.717) is 0 Å². The summed E-state index contributed by atoms with van der Waals surface area (Å²) in [5, 5.41) is 0.961. The Kier molecular flexibility index (Phi) is 5.17. The Hall–Kier alpha value is -3.34. The fraction of sp³-hybridized carbons (Fsp3) is 0.0952. The number of nitrogens with zero attached hydrogens (tertiary/aromatic N) is 1. The van der Waals surface area contributed by atoms with Crippen molar-refractivity contribution in [1.29, 1.82) is 0 Å². The highest BCUT2D eigenvalue weighted by molar-refractivity contribution is 6.01. The number of pyridine rings is 1. The van der Waals surface area contributed by atoms with Crippen LogP contribution in [0.1, 0.15) is 22.8 Å². The number of carbonyl (C=O) groups excluding carboxylic acids is 2. The molecule has 4 nitrogen and oxygen atoms in total. The summed E-state index contributed by atoms with van der Waals surface area (Å²) in [5.74, 6) is -1.46. The monoisotopic (exact) mass is 349 g/mol. The first kappa shape index (κ1) is 17.5. The number of aromatic nitrogens is 1. The Morgan fingerprint density at radius 1 is 1.08 bits per heavy atom. The van der Waals surface area contributed by atoms with E-state index in [-0.39, 0.29) is 5.56 Å². The smallest absolute Gasteiger partial charge is 0.331 e. The van der Waals surface area contributed by atoms with Gasteiger partial charge in [-0.3, -0.25) is 9.78 Å². The Morgan fingerprint density at radius 2 is 1.81 bits per heavy atom. The number of esters is 1. The average molecular weight is 349 g/mol. The summed E-state index contributed by atoms with van der Waals surface area (Å²) in [5.41, 5.74) is 1.83. The molecule has 0 amide bonds. The van der Waals surface area contributed by atoms with Gasteiger partial charge in [0.25, 0.3) is 0 Å². The van der Waals surface area contributed by atoms with E-state index in [9.17, 15) is 14.0 Å². The van der Waals surface area contributed by atoms with Gasteiger partial charge in [-0.15, -0.1) is 0 Å². The predicted octanol–water partition coefficient (Wildman–Crippen LogP) is 4.20. The molecule has 3 aromatic rings. The molecule has 0 aliphatic heterocycles. The minimum atomic E-state index is -0.969. The highest BCUT2D eigenvalue weighted by Crippen LogP contribution is 2.17. The van der Waals surface area contributed by atoms with Crippen LogP contribution in [0.4, 0.5) is 4.39 Å². The maximum Gasteiger partial charge on any atom is 0.331 e. The second-order valence-corrected chi connectivity index (χ2v) is 5.71. The molecule has 1 atom stereocenters. The third-order valence-electron chi connectivity index (χ3n) is 3.85. The lowest BCUT2D eigenvalue weighted by Gasteiger charge is -2.10. The van der Waals surface area contributed by atoms with Gasteiger partial charge in [-0.05, 0) is 43.3 Å². The molecule has 5 heteroatoms. The summed E-state index contributed by atoms with van der Waals surface area (Å²) < 4.78 is 18.1. The summed E-state index contributed by atoms with van der Waals surface area (Å²) in [4.78, 5) is 28.5. The molecular weight excluding hydrogens is 333 g/mol. The van der Waals surface area contributed by atoms with Crippen LogP contribution >= 0.6 is 0 Å². The molecule has 0 saturated heterocycles. The van der Waals surface area contributed by atoms with E-state index in [0.717, 1.165) is 16.5 Å². The zero-order valence-electron chi connectivity index (χ0n) is 14.1. The van der Waals surface area contributed by atoms with Crippen LogP contribution in [0, 0.1) is 5.82 Å². The second kappa shape index (κ2) is 7.70. The van der Waals surface area contributed by atoms with Crippen LogP contribution < -0.4 is 0 Å². The van der Waals surface area contributed by atoms with Crippen molar-refractivity contribution < 1.29 is 18.7 Å². The van der Waals surface area contributed by atoms with Gasteiger partial charge in [-0.25, -0.2) is 9.18 Å². The topological polar surface area (TPSA) is 56.3 Å². The average Bonchev–Trinajstić information content (AvgIpc) is 2.66. The van der Waals surface area contributed by atoms with Crippen molar-refractivity contribution in [2.75, 3.05) is 0 Å². The molecule has 0 N–H and O–H groups in total. The van der Waals surface area contributed by atoms with Crippen molar-refractivity contribution in [1.82, 2.24) is 4.98 Å². The van der Waals surface area contributed by atoms with Crippen LogP contribution in [0.15, 0.2) is 66.9 Å². The maximum atomic E-state index is 12.9. The number of benzene rings is 2. The highest BCUT2D eigenvalue weighted by atomic mass is 19.1. The van der Waals surface area contributed by atoms with Gasteiger partial charge in [0.05, 0.1) is 5.52 Å². The van der Waals surface area contributed by atoms with Crippen molar-refractivity contribution in [3.05, 3.63) is 83.8 Å². The normalized spacial score (nSPS) is 12.2. The van der Waals surface area contributed by atoms with Crippen LogP contribution in [-0.2, 0) is 9.53 Å². The molecule has 0 fully saturated rings. The van der Waals surface area contributed by atoms with Crippen molar-refractivity contribution in [3.63, 3.8) is 0 Å². The number of fused-ring (bicyclic) bond motifs is 1. The van der Waals surface area contributed by atoms with E-state index in [2.05, 4.69) is 4.98 Å². The van der Waals surface area contributed by atoms with E-state index < -0.39 is 23.7 Å². The molecule has 1 heterocycles. The first-order valence-electron chi connectivity index (χ1n) is 8.07. The van der Waals surface area contributed by atoms with Crippen molar-refractivity contribution >= 4 is 28.7 Å². The van der Waals surface area contributed by atoms with Gasteiger partial charge in [0.1, 0.15) is 5.82 Å². The SMILES string of the molecule is C[C@H](OC(=O)/C=C\c1cccc2cccnc12)C(=O)c1ccc(F)cc1. The largest absolute Gasteiger partial charge is 0.451 e. The minimum Gasteiger partial charge on any atom is -0.451 e. The van der Waals surface area contributed by atoms with Gasteiger partial charge in [-0.2, -0.15) is 0 Å². The summed E-state index contributed by atoms with van der Waals surface area (Å²) in [6.45, 7) is 1.48. The molecular formula is C21H16FNO3. The Balaban J connectivity index is 1.68. The van der Waals surface area contributed by atoms with Gasteiger partial charge < -0.3 is 4.74 Å². The van der Waals surface area contributed by atoms with E-state index in [1.807, 2.05) is 30.3 Å². The summed E-state index contributed by atoms with van der Waals surface area (Å²) in [6, 6.07) is 14.5. The first-order chi connectivity index (χ1) is 12.5. The second-order valence-electron chi connectivity index (χ2n) is 5.71. The van der Waals surface area contributed by atoms with Crippen molar-refractivity contribution in [2.24, 2.45) is 0 Å². The fourth-order valence-electron chi connectivity index (χ4n) is 2.54. The molecule has 0 spiro atoms. The molecule has 3 rings (SSSR count). The Labute approximate surface area is 149 Å². The maximum absolute atomic E-state index is 12.9. The molecule has 0 aliphatic carbocycles. The highest BCUT2D eigenvalue weighted by Gasteiger charge is 2.18. The number of ether oxygens (including phenoxy) is 1. The molecule has 0 bridgehead atoms. The van der Waals surface area contributed by atoms with Gasteiger partial charge in [0.2, 0.25) is 5.78 Å². The van der Waals surface area contributed by atoms with E-state index in [1.54, 1.807) is 12.3 Å². The zero-order chi connectivity index (χ0) is 18.5. The van der Waals surface area contributed by atoms with Crippen molar-refractivity contribution in [2.45, 2.75) is 13.0 Å². The van der Waals surface area contributed by atoms with Crippen LogP contribution in [0.25, 0.3) is 17.0 Å². The summed E-state index contributed by atoms with van der Waals surface area (Å²) >= 11 is 0. The van der Waals surface area contributed by atoms with E-state index in [4.69, 9.17) is 4.74 Å². The number of para-hydroxylation sites is 1. The quantitative estimate of drug-likeness (QED) is 0.393. The number of rotatable bonds is 5. The van der Waals surface area contributed by atoms with Crippen LogP contribution in [0.3, 0.4) is 0 Å². The molecule has 2 aromatic carbocycles. The van der Waals surface area contributed by atoms with Gasteiger partial charge in [0, 0.05) is 28.8 Å². The van der Waals surface area contributed by atoms with Crippen LogP contribution in [0.2, 0.25) is 0 Å². The lowest BCUT2D eigenvalue weighted by atomic mass is 10.1. The Morgan fingerprint density at radius 3 is 2.58 bits per heavy atom. The molecule has 0 unspecified atom stereocenters. The third kappa shape index (κ3) is 4.00. The number of Topliss-reactive ketones (excluding diaryl/α,β-unsaturated/α-hetero) is 1. The number of carbonyl (C=O) groups is 2. The standard InChI is InChI=1S/C21H16FNO3/c1-14(21(25)17-7-10-18(22)11-8-17)26-19(24)12-9-16-5-2-4-15-6-3-13-23-20(15)16/h2-14H,1H3/b12-9-/t14-/m0/s1. The molecule has 130 valence electrons. The predicted molar refractivity (Wildman–Crippen MR) is 97.1 cm³/mol. The third-order valence-corrected chi connectivity index (χ3v) is 3.85. The summed E-state index contributed by atoms with van der Waals surface area (Å²) in [6.07, 6.45) is 3.58. The summed E-state index contributed by atoms with van der Waals surface area (Å²) in [7, 11) is 0. The first-order valence-corrected chi connectivity index (χ1v) is 8.07. The number of hydrogen-bond donors (Lipinski definition) is 0.